The lowest BCUT2D eigenvalue weighted by Crippen LogP contribution is -2.15. The van der Waals surface area contributed by atoms with Crippen LogP contribution in [-0.4, -0.2) is 25.8 Å². The van der Waals surface area contributed by atoms with Gasteiger partial charge in [0.2, 0.25) is 0 Å². The number of hydrogen-bond acceptors (Lipinski definition) is 2. The van der Waals surface area contributed by atoms with Crippen LogP contribution in [0.2, 0.25) is 0 Å². The smallest absolute Gasteiger partial charge is 0.359 e. The molecule has 1 aromatic heterocycles. The van der Waals surface area contributed by atoms with Gasteiger partial charge in [-0.15, -0.1) is 0 Å². The number of carbonyl (C=O) groups is 1. The number of hydrogen-bond donors (Lipinski definition) is 4. The number of aromatic nitrogens is 1. The van der Waals surface area contributed by atoms with Crippen molar-refractivity contribution in [3.8, 4) is 0 Å². The number of aromatic carboxylic acids is 1. The minimum atomic E-state index is -5.02. The number of carboxylic acid groups (broad SMARTS) is 1. The third-order valence-electron chi connectivity index (χ3n) is 2.57. The Balaban J connectivity index is 2.98. The van der Waals surface area contributed by atoms with Crippen molar-refractivity contribution in [3.05, 3.63) is 29.5 Å². The van der Waals surface area contributed by atoms with Crippen LogP contribution in [-0.2, 0) is 4.57 Å². The van der Waals surface area contributed by atoms with Crippen molar-refractivity contribution in [1.29, 1.82) is 0 Å². The van der Waals surface area contributed by atoms with Crippen LogP contribution in [0.1, 0.15) is 22.5 Å². The molecule has 0 fully saturated rings. The topological polar surface area (TPSA) is 111 Å². The number of H-pyrrole nitrogens is 1. The van der Waals surface area contributed by atoms with E-state index in [1.165, 1.54) is 12.1 Å². The maximum Gasteiger partial charge on any atom is 0.359 e. The van der Waals surface area contributed by atoms with Gasteiger partial charge < -0.3 is 19.9 Å². The third kappa shape index (κ3) is 2.25. The van der Waals surface area contributed by atoms with E-state index in [0.29, 0.717) is 0 Å². The van der Waals surface area contributed by atoms with Crippen molar-refractivity contribution in [1.82, 2.24) is 4.98 Å². The van der Waals surface area contributed by atoms with E-state index in [-0.39, 0.29) is 5.52 Å². The van der Waals surface area contributed by atoms with Crippen molar-refractivity contribution in [2.24, 2.45) is 0 Å². The highest BCUT2D eigenvalue weighted by molar-refractivity contribution is 7.61. The Labute approximate surface area is 104 Å². The fourth-order valence-corrected chi connectivity index (χ4v) is 2.87. The van der Waals surface area contributed by atoms with Crippen molar-refractivity contribution in [2.75, 3.05) is 0 Å². The summed E-state index contributed by atoms with van der Waals surface area (Å²) < 4.78 is 37.1. The Bertz CT molecular complexity index is 705. The molecule has 6 nitrogen and oxygen atoms in total. The lowest BCUT2D eigenvalue weighted by atomic mass is 10.1. The van der Waals surface area contributed by atoms with E-state index in [1.54, 1.807) is 0 Å². The summed E-state index contributed by atoms with van der Waals surface area (Å²) in [6, 6.07) is 3.51. The van der Waals surface area contributed by atoms with Gasteiger partial charge in [0.25, 0.3) is 6.43 Å². The first-order valence-electron chi connectivity index (χ1n) is 4.95. The van der Waals surface area contributed by atoms with E-state index in [9.17, 15) is 27.9 Å². The van der Waals surface area contributed by atoms with Crippen LogP contribution in [0, 0.1) is 0 Å². The second-order valence-electron chi connectivity index (χ2n) is 3.77. The lowest BCUT2D eigenvalue weighted by Gasteiger charge is -2.07. The summed E-state index contributed by atoms with van der Waals surface area (Å²) >= 11 is 0. The van der Waals surface area contributed by atoms with Gasteiger partial charge in [-0.25, -0.2) is 13.6 Å². The molecular weight excluding hydrogens is 283 g/mol. The summed E-state index contributed by atoms with van der Waals surface area (Å²) in [7, 11) is -5.02. The molecule has 2 rings (SSSR count). The fourth-order valence-electron chi connectivity index (χ4n) is 1.89. The third-order valence-corrected chi connectivity index (χ3v) is 3.60. The van der Waals surface area contributed by atoms with Gasteiger partial charge >= 0.3 is 13.6 Å². The molecule has 4 N–H and O–H groups in total. The van der Waals surface area contributed by atoms with Gasteiger partial charge in [-0.05, 0) is 6.07 Å². The average Bonchev–Trinajstić information content (AvgIpc) is 2.66. The summed E-state index contributed by atoms with van der Waals surface area (Å²) in [5.41, 5.74) is -1.47. The molecule has 0 aliphatic carbocycles. The van der Waals surface area contributed by atoms with Crippen molar-refractivity contribution >= 4 is 29.8 Å². The highest BCUT2D eigenvalue weighted by Crippen LogP contribution is 2.40. The highest BCUT2D eigenvalue weighted by Gasteiger charge is 2.32. The molecule has 1 aromatic carbocycles. The number of fused-ring (bicyclic) bond motifs is 1. The van der Waals surface area contributed by atoms with Crippen LogP contribution >= 0.6 is 7.60 Å². The van der Waals surface area contributed by atoms with E-state index < -0.39 is 41.9 Å². The van der Waals surface area contributed by atoms with Crippen LogP contribution in [0.4, 0.5) is 8.78 Å². The normalized spacial score (nSPS) is 12.3. The molecular formula is C10H8F2NO5P. The first-order chi connectivity index (χ1) is 8.73. The largest absolute Gasteiger partial charge is 0.477 e. The molecule has 0 aliphatic rings. The number of nitrogens with one attached hydrogen (secondary N) is 1. The van der Waals surface area contributed by atoms with Gasteiger partial charge in [0, 0.05) is 16.5 Å². The van der Waals surface area contributed by atoms with Crippen LogP contribution in [0.5, 0.6) is 0 Å². The predicted octanol–water partition coefficient (Wildman–Crippen LogP) is 1.61. The highest BCUT2D eigenvalue weighted by atomic mass is 31.2. The molecule has 102 valence electrons. The van der Waals surface area contributed by atoms with Gasteiger partial charge in [-0.3, -0.25) is 4.57 Å². The van der Waals surface area contributed by atoms with E-state index >= 15 is 0 Å². The number of alkyl halides is 2. The number of aromatic amines is 1. The second kappa shape index (κ2) is 4.41. The quantitative estimate of drug-likeness (QED) is 0.642. The SMILES string of the molecule is O=C(O)c1[nH]c2cccc(C(F)F)c2c1P(=O)(O)O. The standard InChI is InChI=1S/C10H8F2NO5P/c11-9(12)4-2-1-3-5-6(4)8(19(16,17)18)7(13-5)10(14)15/h1-3,9,13H,(H,14,15)(H2,16,17,18). The van der Waals surface area contributed by atoms with Gasteiger partial charge in [-0.2, -0.15) is 0 Å². The zero-order valence-corrected chi connectivity index (χ0v) is 10.1. The Kier molecular flexibility index (Phi) is 3.17. The number of carboxylic acids is 1. The van der Waals surface area contributed by atoms with E-state index in [2.05, 4.69) is 4.98 Å². The summed E-state index contributed by atoms with van der Waals surface area (Å²) in [6.07, 6.45) is -2.98. The molecule has 0 atom stereocenters. The second-order valence-corrected chi connectivity index (χ2v) is 5.30. The van der Waals surface area contributed by atoms with Crippen LogP contribution < -0.4 is 5.30 Å². The number of halogens is 2. The molecule has 0 aliphatic heterocycles. The van der Waals surface area contributed by atoms with Crippen molar-refractivity contribution in [2.45, 2.75) is 6.43 Å². The zero-order valence-electron chi connectivity index (χ0n) is 9.17. The average molecular weight is 291 g/mol. The van der Waals surface area contributed by atoms with Crippen LogP contribution in [0.15, 0.2) is 18.2 Å². The molecule has 1 heterocycles. The summed E-state index contributed by atoms with van der Waals surface area (Å²) in [5, 5.41) is 7.54. The fraction of sp³-hybridized carbons (Fsp3) is 0.100. The summed E-state index contributed by atoms with van der Waals surface area (Å²) in [4.78, 5) is 31.6. The van der Waals surface area contributed by atoms with E-state index in [1.807, 2.05) is 0 Å². The van der Waals surface area contributed by atoms with Gasteiger partial charge in [0.1, 0.15) is 11.0 Å². The zero-order chi connectivity index (χ0) is 14.4. The minimum Gasteiger partial charge on any atom is -0.477 e. The molecule has 0 unspecified atom stereocenters. The molecule has 0 saturated heterocycles. The van der Waals surface area contributed by atoms with Crippen molar-refractivity contribution in [3.63, 3.8) is 0 Å². The molecule has 0 spiro atoms. The van der Waals surface area contributed by atoms with Gasteiger partial charge in [0.15, 0.2) is 0 Å². The predicted molar refractivity (Wildman–Crippen MR) is 61.9 cm³/mol. The molecule has 19 heavy (non-hydrogen) atoms. The van der Waals surface area contributed by atoms with Gasteiger partial charge in [0.05, 0.1) is 0 Å². The van der Waals surface area contributed by atoms with E-state index in [0.717, 1.165) is 6.07 Å². The lowest BCUT2D eigenvalue weighted by molar-refractivity contribution is 0.0692. The Morgan fingerprint density at radius 2 is 1.95 bits per heavy atom. The first-order valence-corrected chi connectivity index (χ1v) is 6.57. The summed E-state index contributed by atoms with van der Waals surface area (Å²) in [6.45, 7) is 0. The summed E-state index contributed by atoms with van der Waals surface area (Å²) in [5.74, 6) is -1.63. The van der Waals surface area contributed by atoms with Gasteiger partial charge in [-0.1, -0.05) is 12.1 Å². The molecule has 0 radical (unpaired) electrons. The van der Waals surface area contributed by atoms with Crippen molar-refractivity contribution < 1.29 is 33.0 Å². The van der Waals surface area contributed by atoms with Crippen LogP contribution in [0.3, 0.4) is 0 Å². The number of benzene rings is 1. The number of rotatable bonds is 3. The Morgan fingerprint density at radius 1 is 1.32 bits per heavy atom. The monoisotopic (exact) mass is 291 g/mol. The molecule has 9 heteroatoms. The molecule has 0 saturated carbocycles. The molecule has 0 amide bonds. The molecule has 2 aromatic rings. The minimum absolute atomic E-state index is 0.0616. The first kappa shape index (κ1) is 13.7. The Hall–Kier alpha value is -1.76. The molecule has 0 bridgehead atoms. The van der Waals surface area contributed by atoms with Crippen LogP contribution in [0.25, 0.3) is 10.9 Å². The maximum atomic E-state index is 12.9. The van der Waals surface area contributed by atoms with E-state index in [4.69, 9.17) is 5.11 Å². The Morgan fingerprint density at radius 3 is 2.42 bits per heavy atom. The maximum absolute atomic E-state index is 12.9.